The lowest BCUT2D eigenvalue weighted by Gasteiger charge is -2.33. The van der Waals surface area contributed by atoms with E-state index in [0.717, 1.165) is 48.0 Å². The Morgan fingerprint density at radius 1 is 1.03 bits per heavy atom. The number of hydrogen-bond donors (Lipinski definition) is 1. The molecule has 0 spiro atoms. The molecule has 1 atom stereocenters. The fraction of sp³-hybridized carbons (Fsp3) is 0.250. The van der Waals surface area contributed by atoms with Gasteiger partial charge in [-0.2, -0.15) is 0 Å². The summed E-state index contributed by atoms with van der Waals surface area (Å²) in [7, 11) is 0. The SMILES string of the molecule is O=C(O)c1ccc2c3ncccc3n(C(c3ccccc3)C3CCOCC3)c2c1. The summed E-state index contributed by atoms with van der Waals surface area (Å²) in [5.74, 6) is -0.516. The molecule has 0 bridgehead atoms. The monoisotopic (exact) mass is 386 g/mol. The van der Waals surface area contributed by atoms with Gasteiger partial charge in [-0.15, -0.1) is 0 Å². The number of carbonyl (C=O) groups is 1. The molecule has 0 saturated carbocycles. The molecular formula is C24H22N2O3. The van der Waals surface area contributed by atoms with Crippen LogP contribution in [0.15, 0.2) is 66.9 Å². The lowest BCUT2D eigenvalue weighted by Crippen LogP contribution is -2.26. The van der Waals surface area contributed by atoms with Gasteiger partial charge in [0.1, 0.15) is 0 Å². The van der Waals surface area contributed by atoms with E-state index in [4.69, 9.17) is 4.74 Å². The lowest BCUT2D eigenvalue weighted by molar-refractivity contribution is 0.0553. The molecule has 2 aromatic carbocycles. The van der Waals surface area contributed by atoms with Gasteiger partial charge < -0.3 is 14.4 Å². The lowest BCUT2D eigenvalue weighted by atomic mass is 9.86. The normalized spacial score (nSPS) is 16.3. The highest BCUT2D eigenvalue weighted by Gasteiger charge is 2.30. The first-order valence-corrected chi connectivity index (χ1v) is 9.98. The van der Waals surface area contributed by atoms with Gasteiger partial charge in [-0.05, 0) is 54.7 Å². The average molecular weight is 386 g/mol. The summed E-state index contributed by atoms with van der Waals surface area (Å²) < 4.78 is 7.93. The molecule has 1 unspecified atom stereocenters. The third-order valence-electron chi connectivity index (χ3n) is 5.94. The molecule has 5 rings (SSSR count). The first kappa shape index (κ1) is 17.9. The van der Waals surface area contributed by atoms with E-state index in [1.807, 2.05) is 18.2 Å². The van der Waals surface area contributed by atoms with Crippen LogP contribution in [0.3, 0.4) is 0 Å². The number of rotatable bonds is 4. The average Bonchev–Trinajstić information content (AvgIpc) is 3.09. The van der Waals surface area contributed by atoms with E-state index in [-0.39, 0.29) is 6.04 Å². The summed E-state index contributed by atoms with van der Waals surface area (Å²) in [6, 6.07) is 19.9. The minimum Gasteiger partial charge on any atom is -0.478 e. The minimum absolute atomic E-state index is 0.0911. The van der Waals surface area contributed by atoms with Crippen LogP contribution >= 0.6 is 0 Å². The van der Waals surface area contributed by atoms with Crippen molar-refractivity contribution >= 4 is 27.9 Å². The van der Waals surface area contributed by atoms with Crippen molar-refractivity contribution in [2.75, 3.05) is 13.2 Å². The van der Waals surface area contributed by atoms with Gasteiger partial charge in [-0.25, -0.2) is 4.79 Å². The maximum absolute atomic E-state index is 11.7. The van der Waals surface area contributed by atoms with Crippen molar-refractivity contribution in [3.8, 4) is 0 Å². The summed E-state index contributed by atoms with van der Waals surface area (Å²) in [6.45, 7) is 1.51. The van der Waals surface area contributed by atoms with Crippen LogP contribution < -0.4 is 0 Å². The van der Waals surface area contributed by atoms with Crippen molar-refractivity contribution in [2.24, 2.45) is 5.92 Å². The van der Waals surface area contributed by atoms with Crippen molar-refractivity contribution < 1.29 is 14.6 Å². The summed E-state index contributed by atoms with van der Waals surface area (Å²) in [5.41, 5.74) is 4.37. The Balaban J connectivity index is 1.83. The maximum Gasteiger partial charge on any atom is 0.335 e. The molecule has 0 radical (unpaired) electrons. The number of fused-ring (bicyclic) bond motifs is 3. The summed E-state index contributed by atoms with van der Waals surface area (Å²) >= 11 is 0. The third-order valence-corrected chi connectivity index (χ3v) is 5.94. The molecular weight excluding hydrogens is 364 g/mol. The van der Waals surface area contributed by atoms with Crippen LogP contribution in [-0.4, -0.2) is 33.8 Å². The van der Waals surface area contributed by atoms with Crippen LogP contribution in [0.4, 0.5) is 0 Å². The molecule has 0 aliphatic carbocycles. The zero-order chi connectivity index (χ0) is 19.8. The predicted molar refractivity (Wildman–Crippen MR) is 112 cm³/mol. The van der Waals surface area contributed by atoms with E-state index < -0.39 is 5.97 Å². The number of aromatic nitrogens is 2. The topological polar surface area (TPSA) is 64.3 Å². The van der Waals surface area contributed by atoms with Gasteiger partial charge in [-0.3, -0.25) is 4.98 Å². The van der Waals surface area contributed by atoms with Gasteiger partial charge in [0.05, 0.1) is 28.2 Å². The van der Waals surface area contributed by atoms with Crippen LogP contribution in [0.2, 0.25) is 0 Å². The fourth-order valence-corrected chi connectivity index (χ4v) is 4.61. The van der Waals surface area contributed by atoms with Gasteiger partial charge in [0.15, 0.2) is 0 Å². The van der Waals surface area contributed by atoms with E-state index in [2.05, 4.69) is 39.9 Å². The molecule has 1 N–H and O–H groups in total. The van der Waals surface area contributed by atoms with Crippen LogP contribution in [0.1, 0.15) is 34.8 Å². The fourth-order valence-electron chi connectivity index (χ4n) is 4.61. The molecule has 1 aliphatic heterocycles. The van der Waals surface area contributed by atoms with E-state index in [1.165, 1.54) is 5.56 Å². The second-order valence-electron chi connectivity index (χ2n) is 7.58. The van der Waals surface area contributed by atoms with Crippen molar-refractivity contribution in [1.29, 1.82) is 0 Å². The zero-order valence-corrected chi connectivity index (χ0v) is 16.0. The van der Waals surface area contributed by atoms with Gasteiger partial charge in [0, 0.05) is 24.8 Å². The van der Waals surface area contributed by atoms with Crippen LogP contribution in [0.5, 0.6) is 0 Å². The Kier molecular flexibility index (Phi) is 4.52. The molecule has 4 aromatic rings. The van der Waals surface area contributed by atoms with E-state index in [0.29, 0.717) is 11.5 Å². The Hall–Kier alpha value is -3.18. The largest absolute Gasteiger partial charge is 0.478 e. The van der Waals surface area contributed by atoms with Gasteiger partial charge in [0.2, 0.25) is 0 Å². The molecule has 5 heteroatoms. The summed E-state index contributed by atoms with van der Waals surface area (Å²) in [5, 5.41) is 10.6. The number of nitrogens with zero attached hydrogens (tertiary/aromatic N) is 2. The highest BCUT2D eigenvalue weighted by molar-refractivity contribution is 6.07. The quantitative estimate of drug-likeness (QED) is 0.542. The Bertz CT molecular complexity index is 1180. The third kappa shape index (κ3) is 3.08. The standard InChI is InChI=1S/C24H22N2O3/c27-24(28)18-8-9-19-21(15-18)26(20-7-4-12-25-22(19)20)23(16-5-2-1-3-6-16)17-10-13-29-14-11-17/h1-9,12,15,17,23H,10-11,13-14H2,(H,27,28). The molecule has 2 aromatic heterocycles. The van der Waals surface area contributed by atoms with Crippen molar-refractivity contribution in [3.63, 3.8) is 0 Å². The maximum atomic E-state index is 11.7. The van der Waals surface area contributed by atoms with E-state index in [9.17, 15) is 9.90 Å². The zero-order valence-electron chi connectivity index (χ0n) is 16.0. The number of ether oxygens (including phenoxy) is 1. The molecule has 3 heterocycles. The van der Waals surface area contributed by atoms with Gasteiger partial charge >= 0.3 is 5.97 Å². The molecule has 146 valence electrons. The number of carboxylic acid groups (broad SMARTS) is 1. The van der Waals surface area contributed by atoms with E-state index >= 15 is 0 Å². The molecule has 29 heavy (non-hydrogen) atoms. The first-order valence-electron chi connectivity index (χ1n) is 9.98. The number of pyridine rings is 1. The summed E-state index contributed by atoms with van der Waals surface area (Å²) in [6.07, 6.45) is 3.74. The van der Waals surface area contributed by atoms with Crippen molar-refractivity contribution in [1.82, 2.24) is 9.55 Å². The number of aromatic carboxylic acids is 1. The van der Waals surface area contributed by atoms with Gasteiger partial charge in [0.25, 0.3) is 0 Å². The Morgan fingerprint density at radius 3 is 2.59 bits per heavy atom. The van der Waals surface area contributed by atoms with Crippen molar-refractivity contribution in [2.45, 2.75) is 18.9 Å². The van der Waals surface area contributed by atoms with Crippen LogP contribution in [-0.2, 0) is 4.74 Å². The highest BCUT2D eigenvalue weighted by Crippen LogP contribution is 2.40. The second-order valence-corrected chi connectivity index (χ2v) is 7.58. The summed E-state index contributed by atoms with van der Waals surface area (Å²) in [4.78, 5) is 16.3. The number of hydrogen-bond acceptors (Lipinski definition) is 3. The van der Waals surface area contributed by atoms with Crippen molar-refractivity contribution in [3.05, 3.63) is 78.0 Å². The highest BCUT2D eigenvalue weighted by atomic mass is 16.5. The molecule has 0 amide bonds. The minimum atomic E-state index is -0.918. The van der Waals surface area contributed by atoms with Gasteiger partial charge in [-0.1, -0.05) is 30.3 Å². The number of carboxylic acids is 1. The predicted octanol–water partition coefficient (Wildman–Crippen LogP) is 4.90. The Labute approximate surface area is 168 Å². The van der Waals surface area contributed by atoms with E-state index in [1.54, 1.807) is 18.3 Å². The van der Waals surface area contributed by atoms with Crippen LogP contribution in [0.25, 0.3) is 21.9 Å². The Morgan fingerprint density at radius 2 is 1.83 bits per heavy atom. The van der Waals surface area contributed by atoms with Crippen LogP contribution in [0, 0.1) is 5.92 Å². The number of benzene rings is 2. The molecule has 1 saturated heterocycles. The molecule has 1 fully saturated rings. The first-order chi connectivity index (χ1) is 14.2. The second kappa shape index (κ2) is 7.33. The smallest absolute Gasteiger partial charge is 0.335 e. The molecule has 1 aliphatic rings. The molecule has 5 nitrogen and oxygen atoms in total.